The van der Waals surface area contributed by atoms with Gasteiger partial charge in [-0.2, -0.15) is 13.2 Å². The van der Waals surface area contributed by atoms with Crippen LogP contribution in [0, 0.1) is 0 Å². The van der Waals surface area contributed by atoms with E-state index in [2.05, 4.69) is 0 Å². The molecule has 1 aromatic carbocycles. The lowest BCUT2D eigenvalue weighted by Gasteiger charge is -2.25. The van der Waals surface area contributed by atoms with Gasteiger partial charge in [0.1, 0.15) is 6.61 Å². The number of likely N-dealkylation sites (tertiary alicyclic amines) is 1. The molecule has 0 atom stereocenters. The predicted molar refractivity (Wildman–Crippen MR) is 72.1 cm³/mol. The number of hydrogen-bond acceptors (Lipinski definition) is 2. The number of benzene rings is 1. The number of piperidine rings is 1. The van der Waals surface area contributed by atoms with Crippen molar-refractivity contribution >= 4 is 17.7 Å². The second kappa shape index (κ2) is 6.56. The Labute approximate surface area is 125 Å². The highest BCUT2D eigenvalue weighted by molar-refractivity contribution is 6.31. The Hall–Kier alpha value is -1.43. The van der Waals surface area contributed by atoms with Crippen LogP contribution in [0.25, 0.3) is 0 Å². The summed E-state index contributed by atoms with van der Waals surface area (Å²) < 4.78 is 42.8. The Morgan fingerprint density at radius 3 is 2.48 bits per heavy atom. The molecule has 1 aliphatic heterocycles. The van der Waals surface area contributed by atoms with E-state index in [-0.39, 0.29) is 6.61 Å². The van der Waals surface area contributed by atoms with Crippen LogP contribution in [-0.2, 0) is 17.5 Å². The van der Waals surface area contributed by atoms with Crippen molar-refractivity contribution in [2.45, 2.75) is 32.0 Å². The fourth-order valence-corrected chi connectivity index (χ4v) is 2.50. The second-order valence-corrected chi connectivity index (χ2v) is 5.32. The van der Waals surface area contributed by atoms with Gasteiger partial charge in [0.05, 0.1) is 10.6 Å². The maximum atomic E-state index is 12.6. The molecule has 1 aromatic rings. The molecule has 0 unspecified atom stereocenters. The molecular formula is C14H15ClF3NO2. The number of alkyl halides is 3. The number of hydrogen-bond donors (Lipinski definition) is 0. The van der Waals surface area contributed by atoms with Gasteiger partial charge >= 0.3 is 12.3 Å². The third-order valence-corrected chi connectivity index (χ3v) is 3.63. The van der Waals surface area contributed by atoms with Gasteiger partial charge in [0.15, 0.2) is 0 Å². The number of carbonyl (C=O) groups is 1. The van der Waals surface area contributed by atoms with E-state index in [0.29, 0.717) is 18.7 Å². The Kier molecular flexibility index (Phi) is 4.98. The van der Waals surface area contributed by atoms with Crippen LogP contribution >= 0.6 is 11.6 Å². The first-order valence-corrected chi connectivity index (χ1v) is 7.03. The van der Waals surface area contributed by atoms with E-state index in [9.17, 15) is 18.0 Å². The SMILES string of the molecule is O=C(OCc1ccc(C(F)(F)F)c(Cl)c1)N1CCCCC1. The van der Waals surface area contributed by atoms with E-state index in [1.165, 1.54) is 12.1 Å². The van der Waals surface area contributed by atoms with Crippen molar-refractivity contribution in [2.75, 3.05) is 13.1 Å². The van der Waals surface area contributed by atoms with Crippen LogP contribution in [0.3, 0.4) is 0 Å². The minimum Gasteiger partial charge on any atom is -0.445 e. The number of rotatable bonds is 2. The normalized spacial score (nSPS) is 15.9. The van der Waals surface area contributed by atoms with Crippen LogP contribution in [0.2, 0.25) is 5.02 Å². The van der Waals surface area contributed by atoms with E-state index < -0.39 is 22.9 Å². The first kappa shape index (κ1) is 15.9. The highest BCUT2D eigenvalue weighted by atomic mass is 35.5. The molecule has 1 amide bonds. The maximum Gasteiger partial charge on any atom is 0.417 e. The summed E-state index contributed by atoms with van der Waals surface area (Å²) in [6, 6.07) is 3.33. The summed E-state index contributed by atoms with van der Waals surface area (Å²) in [5.74, 6) is 0. The molecule has 1 aliphatic rings. The van der Waals surface area contributed by atoms with Gasteiger partial charge in [-0.1, -0.05) is 17.7 Å². The van der Waals surface area contributed by atoms with Gasteiger partial charge in [-0.15, -0.1) is 0 Å². The number of halogens is 4. The van der Waals surface area contributed by atoms with Crippen molar-refractivity contribution in [1.29, 1.82) is 0 Å². The van der Waals surface area contributed by atoms with Gasteiger partial charge in [0, 0.05) is 13.1 Å². The van der Waals surface area contributed by atoms with Crippen LogP contribution in [0.15, 0.2) is 18.2 Å². The van der Waals surface area contributed by atoms with E-state index in [1.807, 2.05) is 0 Å². The zero-order valence-electron chi connectivity index (χ0n) is 11.3. The summed E-state index contributed by atoms with van der Waals surface area (Å²) in [5.41, 5.74) is -0.464. The summed E-state index contributed by atoms with van der Waals surface area (Å²) >= 11 is 5.61. The molecule has 1 saturated heterocycles. The standard InChI is InChI=1S/C14H15ClF3NO2/c15-12-8-10(4-5-11(12)14(16,17)18)9-21-13(20)19-6-2-1-3-7-19/h4-5,8H,1-3,6-7,9H2. The molecule has 0 aliphatic carbocycles. The summed E-state index contributed by atoms with van der Waals surface area (Å²) in [7, 11) is 0. The van der Waals surface area contributed by atoms with Gasteiger partial charge in [-0.3, -0.25) is 0 Å². The third-order valence-electron chi connectivity index (χ3n) is 3.32. The van der Waals surface area contributed by atoms with Crippen molar-refractivity contribution < 1.29 is 22.7 Å². The molecule has 0 saturated carbocycles. The van der Waals surface area contributed by atoms with Crippen LogP contribution < -0.4 is 0 Å². The molecule has 1 fully saturated rings. The van der Waals surface area contributed by atoms with Crippen LogP contribution in [0.4, 0.5) is 18.0 Å². The van der Waals surface area contributed by atoms with Crippen molar-refractivity contribution in [3.63, 3.8) is 0 Å². The van der Waals surface area contributed by atoms with Crippen molar-refractivity contribution in [2.24, 2.45) is 0 Å². The van der Waals surface area contributed by atoms with Gasteiger partial charge in [0.25, 0.3) is 0 Å². The first-order valence-electron chi connectivity index (χ1n) is 6.65. The van der Waals surface area contributed by atoms with Crippen LogP contribution in [0.1, 0.15) is 30.4 Å². The predicted octanol–water partition coefficient (Wildman–Crippen LogP) is 4.48. The molecule has 3 nitrogen and oxygen atoms in total. The molecule has 1 heterocycles. The zero-order chi connectivity index (χ0) is 15.5. The van der Waals surface area contributed by atoms with Gasteiger partial charge in [-0.05, 0) is 37.0 Å². The molecule has 0 aromatic heterocycles. The lowest BCUT2D eigenvalue weighted by atomic mass is 10.1. The molecule has 21 heavy (non-hydrogen) atoms. The summed E-state index contributed by atoms with van der Waals surface area (Å²) in [5, 5.41) is -0.394. The minimum absolute atomic E-state index is 0.0901. The van der Waals surface area contributed by atoms with Crippen LogP contribution in [-0.4, -0.2) is 24.1 Å². The number of nitrogens with zero attached hydrogens (tertiary/aromatic N) is 1. The summed E-state index contributed by atoms with van der Waals surface area (Å²) in [6.07, 6.45) is -1.94. The molecular weight excluding hydrogens is 307 g/mol. The average Bonchev–Trinajstić information content (AvgIpc) is 2.44. The van der Waals surface area contributed by atoms with E-state index in [0.717, 1.165) is 25.3 Å². The lowest BCUT2D eigenvalue weighted by Crippen LogP contribution is -2.35. The quantitative estimate of drug-likeness (QED) is 0.803. The Balaban J connectivity index is 1.94. The molecule has 0 bridgehead atoms. The molecule has 0 radical (unpaired) electrons. The number of amides is 1. The monoisotopic (exact) mass is 321 g/mol. The Bertz CT molecular complexity index is 513. The number of carbonyl (C=O) groups excluding carboxylic acids is 1. The van der Waals surface area contributed by atoms with Crippen LogP contribution in [0.5, 0.6) is 0 Å². The highest BCUT2D eigenvalue weighted by Gasteiger charge is 2.33. The molecule has 0 spiro atoms. The maximum absolute atomic E-state index is 12.6. The fraction of sp³-hybridized carbons (Fsp3) is 0.500. The fourth-order valence-electron chi connectivity index (χ4n) is 2.19. The molecule has 116 valence electrons. The second-order valence-electron chi connectivity index (χ2n) is 4.91. The number of ether oxygens (including phenoxy) is 1. The van der Waals surface area contributed by atoms with Gasteiger partial charge < -0.3 is 9.64 Å². The van der Waals surface area contributed by atoms with Gasteiger partial charge in [-0.25, -0.2) is 4.79 Å². The summed E-state index contributed by atoms with van der Waals surface area (Å²) in [4.78, 5) is 13.4. The Morgan fingerprint density at radius 2 is 1.90 bits per heavy atom. The molecule has 7 heteroatoms. The highest BCUT2D eigenvalue weighted by Crippen LogP contribution is 2.35. The lowest BCUT2D eigenvalue weighted by molar-refractivity contribution is -0.137. The Morgan fingerprint density at radius 1 is 1.24 bits per heavy atom. The van der Waals surface area contributed by atoms with Gasteiger partial charge in [0.2, 0.25) is 0 Å². The third kappa shape index (κ3) is 4.27. The largest absolute Gasteiger partial charge is 0.445 e. The van der Waals surface area contributed by atoms with E-state index >= 15 is 0 Å². The van der Waals surface area contributed by atoms with E-state index in [4.69, 9.17) is 16.3 Å². The smallest absolute Gasteiger partial charge is 0.417 e. The first-order chi connectivity index (χ1) is 9.88. The zero-order valence-corrected chi connectivity index (χ0v) is 12.0. The van der Waals surface area contributed by atoms with Crippen molar-refractivity contribution in [1.82, 2.24) is 4.90 Å². The van der Waals surface area contributed by atoms with Crippen molar-refractivity contribution in [3.8, 4) is 0 Å². The minimum atomic E-state index is -4.49. The van der Waals surface area contributed by atoms with E-state index in [1.54, 1.807) is 4.90 Å². The summed E-state index contributed by atoms with van der Waals surface area (Å²) in [6.45, 7) is 1.23. The average molecular weight is 322 g/mol. The molecule has 0 N–H and O–H groups in total. The topological polar surface area (TPSA) is 29.5 Å². The van der Waals surface area contributed by atoms with Crippen molar-refractivity contribution in [3.05, 3.63) is 34.3 Å². The molecule has 2 rings (SSSR count).